The molecule has 3 heteroatoms. The van der Waals surface area contributed by atoms with Gasteiger partial charge in [-0.2, -0.15) is 0 Å². The summed E-state index contributed by atoms with van der Waals surface area (Å²) in [5.41, 5.74) is 2.69. The fourth-order valence-electron chi connectivity index (χ4n) is 1.86. The smallest absolute Gasteiger partial charge is 0.0842 e. The number of methoxy groups -OCH3 is 1. The Hall–Kier alpha value is 0.01000. The molecular weight excluding hydrogens is 260 g/mol. The summed E-state index contributed by atoms with van der Waals surface area (Å²) in [4.78, 5) is 1.38. The van der Waals surface area contributed by atoms with Gasteiger partial charge in [-0.25, -0.2) is 0 Å². The zero-order valence-corrected chi connectivity index (χ0v) is 10.7. The maximum Gasteiger partial charge on any atom is 0.0842 e. The van der Waals surface area contributed by atoms with Crippen molar-refractivity contribution < 1.29 is 4.74 Å². The van der Waals surface area contributed by atoms with E-state index in [1.807, 2.05) is 11.8 Å². The number of hydrogen-bond donors (Lipinski definition) is 0. The quantitative estimate of drug-likeness (QED) is 0.766. The Bertz CT molecular complexity index is 351. The molecule has 14 heavy (non-hydrogen) atoms. The average molecular weight is 273 g/mol. The van der Waals surface area contributed by atoms with Crippen LogP contribution in [0, 0.1) is 6.92 Å². The zero-order chi connectivity index (χ0) is 10.1. The first-order chi connectivity index (χ1) is 6.74. The molecule has 0 radical (unpaired) electrons. The zero-order valence-electron chi connectivity index (χ0n) is 8.34. The first-order valence-corrected chi connectivity index (χ1v) is 6.46. The first-order valence-electron chi connectivity index (χ1n) is 4.68. The number of hydrogen-bond acceptors (Lipinski definition) is 2. The van der Waals surface area contributed by atoms with Crippen LogP contribution in [-0.4, -0.2) is 12.9 Å². The highest BCUT2D eigenvalue weighted by atomic mass is 79.9. The molecule has 0 saturated heterocycles. The van der Waals surface area contributed by atoms with Crippen molar-refractivity contribution in [1.29, 1.82) is 0 Å². The Balaban J connectivity index is 2.53. The Morgan fingerprint density at radius 2 is 2.29 bits per heavy atom. The van der Waals surface area contributed by atoms with E-state index < -0.39 is 0 Å². The number of rotatable bonds is 1. The first kappa shape index (κ1) is 10.5. The van der Waals surface area contributed by atoms with Gasteiger partial charge < -0.3 is 4.74 Å². The molecule has 1 aliphatic heterocycles. The van der Waals surface area contributed by atoms with Crippen LogP contribution in [0.25, 0.3) is 0 Å². The van der Waals surface area contributed by atoms with Crippen molar-refractivity contribution in [2.45, 2.75) is 24.3 Å². The lowest BCUT2D eigenvalue weighted by molar-refractivity contribution is 0.0968. The van der Waals surface area contributed by atoms with E-state index in [-0.39, 0.29) is 6.10 Å². The minimum atomic E-state index is 0.281. The second kappa shape index (κ2) is 4.25. The van der Waals surface area contributed by atoms with E-state index >= 15 is 0 Å². The van der Waals surface area contributed by atoms with Crippen molar-refractivity contribution in [2.24, 2.45) is 0 Å². The Labute approximate surface area is 97.4 Å². The third-order valence-corrected chi connectivity index (χ3v) is 4.62. The maximum atomic E-state index is 5.52. The lowest BCUT2D eigenvalue weighted by Gasteiger charge is -2.26. The van der Waals surface area contributed by atoms with Crippen molar-refractivity contribution in [3.63, 3.8) is 0 Å². The molecule has 0 aliphatic carbocycles. The summed E-state index contributed by atoms with van der Waals surface area (Å²) < 4.78 is 6.70. The Morgan fingerprint density at radius 1 is 1.50 bits per heavy atom. The van der Waals surface area contributed by atoms with Gasteiger partial charge in [-0.3, -0.25) is 0 Å². The van der Waals surface area contributed by atoms with Crippen molar-refractivity contribution >= 4 is 27.7 Å². The molecule has 1 unspecified atom stereocenters. The molecule has 0 fully saturated rings. The van der Waals surface area contributed by atoms with E-state index in [1.165, 1.54) is 20.5 Å². The highest BCUT2D eigenvalue weighted by Gasteiger charge is 2.22. The fraction of sp³-hybridized carbons (Fsp3) is 0.455. The summed E-state index contributed by atoms with van der Waals surface area (Å²) in [6, 6.07) is 4.31. The molecule has 1 aliphatic rings. The fourth-order valence-corrected chi connectivity index (χ4v) is 3.36. The lowest BCUT2D eigenvalue weighted by Crippen LogP contribution is -2.11. The molecule has 0 amide bonds. The monoisotopic (exact) mass is 272 g/mol. The van der Waals surface area contributed by atoms with Gasteiger partial charge in [-0.1, -0.05) is 15.9 Å². The largest absolute Gasteiger partial charge is 0.377 e. The Kier molecular flexibility index (Phi) is 3.20. The van der Waals surface area contributed by atoms with Crippen molar-refractivity contribution in [2.75, 3.05) is 12.9 Å². The van der Waals surface area contributed by atoms with E-state index in [4.69, 9.17) is 4.74 Å². The predicted molar refractivity (Wildman–Crippen MR) is 64.0 cm³/mol. The molecule has 0 N–H and O–H groups in total. The molecule has 0 aromatic heterocycles. The van der Waals surface area contributed by atoms with Crippen LogP contribution in [0.3, 0.4) is 0 Å². The van der Waals surface area contributed by atoms with E-state index in [1.54, 1.807) is 7.11 Å². The van der Waals surface area contributed by atoms with Gasteiger partial charge in [0.15, 0.2) is 0 Å². The second-order valence-electron chi connectivity index (χ2n) is 3.45. The summed E-state index contributed by atoms with van der Waals surface area (Å²) in [7, 11) is 1.80. The molecule has 1 nitrogen and oxygen atoms in total. The molecule has 1 heterocycles. The molecule has 0 spiro atoms. The SMILES string of the molecule is COC1CCSc2ccc(Br)c(C)c21. The Morgan fingerprint density at radius 3 is 3.00 bits per heavy atom. The van der Waals surface area contributed by atoms with Crippen LogP contribution in [-0.2, 0) is 4.74 Å². The summed E-state index contributed by atoms with van der Waals surface area (Å²) >= 11 is 5.50. The summed E-state index contributed by atoms with van der Waals surface area (Å²) in [5, 5.41) is 0. The lowest BCUT2D eigenvalue weighted by atomic mass is 10.0. The van der Waals surface area contributed by atoms with Crippen LogP contribution in [0.2, 0.25) is 0 Å². The number of thioether (sulfide) groups is 1. The molecule has 1 atom stereocenters. The van der Waals surface area contributed by atoms with E-state index in [9.17, 15) is 0 Å². The molecule has 1 aromatic carbocycles. The number of ether oxygens (including phenoxy) is 1. The van der Waals surface area contributed by atoms with Gasteiger partial charge in [0.25, 0.3) is 0 Å². The molecule has 76 valence electrons. The van der Waals surface area contributed by atoms with E-state index in [0.717, 1.165) is 12.2 Å². The maximum absolute atomic E-state index is 5.52. The van der Waals surface area contributed by atoms with Gasteiger partial charge in [-0.15, -0.1) is 11.8 Å². The van der Waals surface area contributed by atoms with E-state index in [2.05, 4.69) is 35.0 Å². The summed E-state index contributed by atoms with van der Waals surface area (Å²) in [6.45, 7) is 2.15. The molecule has 1 aromatic rings. The van der Waals surface area contributed by atoms with Gasteiger partial charge in [0, 0.05) is 22.2 Å². The van der Waals surface area contributed by atoms with Crippen LogP contribution >= 0.6 is 27.7 Å². The molecular formula is C11H13BrOS. The van der Waals surface area contributed by atoms with Crippen LogP contribution < -0.4 is 0 Å². The minimum Gasteiger partial charge on any atom is -0.377 e. The second-order valence-corrected chi connectivity index (χ2v) is 5.44. The summed E-state index contributed by atoms with van der Waals surface area (Å²) in [6.07, 6.45) is 1.40. The van der Waals surface area contributed by atoms with E-state index in [0.29, 0.717) is 0 Å². The van der Waals surface area contributed by atoms with Gasteiger partial charge in [0.05, 0.1) is 6.10 Å². The van der Waals surface area contributed by atoms with Gasteiger partial charge in [0.1, 0.15) is 0 Å². The van der Waals surface area contributed by atoms with Crippen LogP contribution in [0.15, 0.2) is 21.5 Å². The standard InChI is InChI=1S/C11H13BrOS/c1-7-8(12)3-4-10-11(7)9(13-2)5-6-14-10/h3-4,9H,5-6H2,1-2H3. The number of halogens is 1. The number of fused-ring (bicyclic) bond motifs is 1. The molecule has 0 saturated carbocycles. The average Bonchev–Trinajstić information content (AvgIpc) is 2.23. The third kappa shape index (κ3) is 1.73. The van der Waals surface area contributed by atoms with Gasteiger partial charge in [0.2, 0.25) is 0 Å². The summed E-state index contributed by atoms with van der Waals surface area (Å²) in [5.74, 6) is 1.16. The third-order valence-electron chi connectivity index (χ3n) is 2.65. The highest BCUT2D eigenvalue weighted by molar-refractivity contribution is 9.10. The van der Waals surface area contributed by atoms with Crippen molar-refractivity contribution in [1.82, 2.24) is 0 Å². The topological polar surface area (TPSA) is 9.23 Å². The van der Waals surface area contributed by atoms with Crippen molar-refractivity contribution in [3.05, 3.63) is 27.7 Å². The number of benzene rings is 1. The van der Waals surface area contributed by atoms with Crippen molar-refractivity contribution in [3.8, 4) is 0 Å². The highest BCUT2D eigenvalue weighted by Crippen LogP contribution is 2.41. The molecule has 2 rings (SSSR count). The normalized spacial score (nSPS) is 20.6. The minimum absolute atomic E-state index is 0.281. The molecule has 0 bridgehead atoms. The van der Waals surface area contributed by atoms with Crippen LogP contribution in [0.1, 0.15) is 23.7 Å². The van der Waals surface area contributed by atoms with Gasteiger partial charge >= 0.3 is 0 Å². The van der Waals surface area contributed by atoms with Crippen LogP contribution in [0.5, 0.6) is 0 Å². The van der Waals surface area contributed by atoms with Gasteiger partial charge in [-0.05, 0) is 36.6 Å². The van der Waals surface area contributed by atoms with Crippen LogP contribution in [0.4, 0.5) is 0 Å². The predicted octanol–water partition coefficient (Wildman–Crippen LogP) is 3.94.